The predicted octanol–water partition coefficient (Wildman–Crippen LogP) is 3.56. The van der Waals surface area contributed by atoms with Crippen molar-refractivity contribution in [2.75, 3.05) is 6.54 Å². The van der Waals surface area contributed by atoms with E-state index in [2.05, 4.69) is 25.6 Å². The molecule has 4 rings (SSSR count). The molecule has 0 bridgehead atoms. The lowest BCUT2D eigenvalue weighted by Crippen LogP contribution is -2.26. The molecule has 0 radical (unpaired) electrons. The summed E-state index contributed by atoms with van der Waals surface area (Å²) in [4.78, 5) is 3.98. The van der Waals surface area contributed by atoms with Gasteiger partial charge in [0.1, 0.15) is 4.90 Å². The first-order valence-electron chi connectivity index (χ1n) is 9.29. The zero-order valence-corrected chi connectivity index (χ0v) is 19.4. The van der Waals surface area contributed by atoms with Crippen molar-refractivity contribution in [2.24, 2.45) is 0 Å². The third-order valence-corrected chi connectivity index (χ3v) is 8.55. The third kappa shape index (κ3) is 4.29. The Morgan fingerprint density at radius 1 is 0.935 bits per heavy atom. The maximum absolute atomic E-state index is 13.2. The van der Waals surface area contributed by atoms with E-state index in [1.54, 1.807) is 54.9 Å². The second-order valence-corrected chi connectivity index (χ2v) is 11.2. The number of nitrogens with one attached hydrogen (secondary N) is 1. The number of nitrogens with zero attached hydrogens (tertiary/aromatic N) is 2. The molecule has 0 saturated heterocycles. The normalized spacial score (nSPS) is 12.3. The van der Waals surface area contributed by atoms with Crippen LogP contribution in [-0.2, 0) is 26.5 Å². The first-order valence-corrected chi connectivity index (χ1v) is 13.0. The molecule has 0 unspecified atom stereocenters. The average molecular weight is 520 g/mol. The minimum absolute atomic E-state index is 0.0698. The van der Waals surface area contributed by atoms with Crippen LogP contribution in [0.3, 0.4) is 0 Å². The van der Waals surface area contributed by atoms with E-state index in [4.69, 9.17) is 0 Å². The monoisotopic (exact) mass is 519 g/mol. The van der Waals surface area contributed by atoms with Gasteiger partial charge in [-0.25, -0.2) is 25.5 Å². The zero-order chi connectivity index (χ0) is 22.1. The van der Waals surface area contributed by atoms with Crippen molar-refractivity contribution in [1.82, 2.24) is 13.7 Å². The van der Waals surface area contributed by atoms with Crippen LogP contribution in [0.2, 0.25) is 0 Å². The second-order valence-electron chi connectivity index (χ2n) is 6.75. The molecule has 1 N–H and O–H groups in total. The lowest BCUT2D eigenvalue weighted by Gasteiger charge is -2.07. The molecule has 0 atom stereocenters. The summed E-state index contributed by atoms with van der Waals surface area (Å²) in [6, 6.07) is 16.4. The molecular formula is C21H18BrN3O4S2. The Labute approximate surface area is 189 Å². The van der Waals surface area contributed by atoms with E-state index in [0.717, 1.165) is 15.7 Å². The highest BCUT2D eigenvalue weighted by molar-refractivity contribution is 9.10. The van der Waals surface area contributed by atoms with Crippen molar-refractivity contribution < 1.29 is 16.8 Å². The van der Waals surface area contributed by atoms with Gasteiger partial charge in [0.05, 0.1) is 10.4 Å². The van der Waals surface area contributed by atoms with E-state index in [1.807, 2.05) is 6.07 Å². The molecule has 10 heteroatoms. The van der Waals surface area contributed by atoms with Crippen LogP contribution < -0.4 is 4.72 Å². The fourth-order valence-electron chi connectivity index (χ4n) is 3.24. The van der Waals surface area contributed by atoms with Crippen molar-refractivity contribution >= 4 is 46.9 Å². The number of benzene rings is 2. The Bertz CT molecular complexity index is 1440. The van der Waals surface area contributed by atoms with E-state index >= 15 is 0 Å². The van der Waals surface area contributed by atoms with Crippen molar-refractivity contribution in [3.05, 3.63) is 89.3 Å². The largest absolute Gasteiger partial charge is 0.268 e. The highest BCUT2D eigenvalue weighted by Gasteiger charge is 2.27. The van der Waals surface area contributed by atoms with Gasteiger partial charge in [0, 0.05) is 35.0 Å². The highest BCUT2D eigenvalue weighted by Crippen LogP contribution is 2.34. The summed E-state index contributed by atoms with van der Waals surface area (Å²) in [5.41, 5.74) is 1.16. The lowest BCUT2D eigenvalue weighted by atomic mass is 10.2. The fourth-order valence-corrected chi connectivity index (χ4v) is 6.65. The molecule has 0 aliphatic rings. The lowest BCUT2D eigenvalue weighted by molar-refractivity contribution is 0.582. The van der Waals surface area contributed by atoms with Crippen LogP contribution in [-0.4, -0.2) is 32.3 Å². The van der Waals surface area contributed by atoms with Gasteiger partial charge in [-0.15, -0.1) is 0 Å². The summed E-state index contributed by atoms with van der Waals surface area (Å²) in [5, 5.41) is 0.302. The molecule has 0 aliphatic carbocycles. The predicted molar refractivity (Wildman–Crippen MR) is 122 cm³/mol. The van der Waals surface area contributed by atoms with Gasteiger partial charge in [-0.2, -0.15) is 0 Å². The van der Waals surface area contributed by atoms with Gasteiger partial charge in [-0.1, -0.05) is 46.3 Å². The highest BCUT2D eigenvalue weighted by atomic mass is 79.9. The van der Waals surface area contributed by atoms with Crippen LogP contribution in [0.1, 0.15) is 5.56 Å². The van der Waals surface area contributed by atoms with Crippen molar-refractivity contribution in [1.29, 1.82) is 0 Å². The van der Waals surface area contributed by atoms with Crippen LogP contribution in [0.25, 0.3) is 10.9 Å². The van der Waals surface area contributed by atoms with Gasteiger partial charge in [-0.05, 0) is 42.3 Å². The molecule has 2 aromatic heterocycles. The van der Waals surface area contributed by atoms with Gasteiger partial charge < -0.3 is 0 Å². The third-order valence-electron chi connectivity index (χ3n) is 4.73. The van der Waals surface area contributed by atoms with Crippen LogP contribution in [0.5, 0.6) is 0 Å². The molecule has 31 heavy (non-hydrogen) atoms. The Balaban J connectivity index is 1.76. The molecule has 2 aromatic carbocycles. The van der Waals surface area contributed by atoms with Crippen LogP contribution in [0, 0.1) is 0 Å². The number of fused-ring (bicyclic) bond motifs is 1. The van der Waals surface area contributed by atoms with Crippen LogP contribution >= 0.6 is 15.9 Å². The number of aromatic nitrogens is 2. The van der Waals surface area contributed by atoms with Crippen molar-refractivity contribution in [2.45, 2.75) is 16.2 Å². The summed E-state index contributed by atoms with van der Waals surface area (Å²) < 4.78 is 56.7. The Kier molecular flexibility index (Phi) is 5.98. The average Bonchev–Trinajstić information content (AvgIpc) is 3.18. The molecule has 0 fully saturated rings. The SMILES string of the molecule is O=S(=O)(NCCc1cccnc1)c1cn(S(=O)(=O)c2ccccc2)c2cccc(Br)c12. The minimum Gasteiger partial charge on any atom is -0.264 e. The number of halogens is 1. The quantitative estimate of drug-likeness (QED) is 0.402. The van der Waals surface area contributed by atoms with E-state index in [0.29, 0.717) is 16.3 Å². The first kappa shape index (κ1) is 21.7. The topological polar surface area (TPSA) is 98.1 Å². The summed E-state index contributed by atoms with van der Waals surface area (Å²) >= 11 is 3.37. The molecule has 0 amide bonds. The van der Waals surface area contributed by atoms with E-state index in [9.17, 15) is 16.8 Å². The van der Waals surface area contributed by atoms with E-state index in [-0.39, 0.29) is 21.9 Å². The molecule has 4 aromatic rings. The van der Waals surface area contributed by atoms with Gasteiger partial charge in [0.25, 0.3) is 10.0 Å². The van der Waals surface area contributed by atoms with Gasteiger partial charge >= 0.3 is 0 Å². The Hall–Kier alpha value is -2.53. The van der Waals surface area contributed by atoms with Crippen molar-refractivity contribution in [3.63, 3.8) is 0 Å². The number of hydrogen-bond acceptors (Lipinski definition) is 5. The van der Waals surface area contributed by atoms with Gasteiger partial charge in [-0.3, -0.25) is 4.98 Å². The maximum Gasteiger partial charge on any atom is 0.268 e. The fraction of sp³-hybridized carbons (Fsp3) is 0.0952. The van der Waals surface area contributed by atoms with Crippen LogP contribution in [0.15, 0.2) is 93.5 Å². The summed E-state index contributed by atoms with van der Waals surface area (Å²) in [6.45, 7) is 0.149. The summed E-state index contributed by atoms with van der Waals surface area (Å²) in [6.07, 6.45) is 4.93. The van der Waals surface area contributed by atoms with Crippen LogP contribution in [0.4, 0.5) is 0 Å². The molecule has 0 spiro atoms. The molecule has 0 saturated carbocycles. The summed E-state index contributed by atoms with van der Waals surface area (Å²) in [7, 11) is -7.98. The number of rotatable bonds is 7. The number of hydrogen-bond donors (Lipinski definition) is 1. The van der Waals surface area contributed by atoms with Gasteiger partial charge in [0.15, 0.2) is 0 Å². The Morgan fingerprint density at radius 2 is 1.71 bits per heavy atom. The maximum atomic E-state index is 13.2. The molecule has 7 nitrogen and oxygen atoms in total. The summed E-state index contributed by atoms with van der Waals surface area (Å²) in [5.74, 6) is 0. The smallest absolute Gasteiger partial charge is 0.264 e. The zero-order valence-electron chi connectivity index (χ0n) is 16.1. The molecule has 0 aliphatic heterocycles. The standard InChI is InChI=1S/C21H18BrN3O4S2/c22-18-9-4-10-19-21(18)20(15-25(19)31(28,29)17-7-2-1-3-8-17)30(26,27)24-13-11-16-6-5-12-23-14-16/h1-10,12,14-15,24H,11,13H2. The number of sulfonamides is 1. The van der Waals surface area contributed by atoms with Gasteiger partial charge in [0.2, 0.25) is 10.0 Å². The second kappa shape index (κ2) is 8.54. The minimum atomic E-state index is -3.99. The number of pyridine rings is 1. The van der Waals surface area contributed by atoms with E-state index in [1.165, 1.54) is 12.1 Å². The van der Waals surface area contributed by atoms with Crippen molar-refractivity contribution in [3.8, 4) is 0 Å². The molecule has 2 heterocycles. The van der Waals surface area contributed by atoms with E-state index < -0.39 is 20.0 Å². The Morgan fingerprint density at radius 3 is 2.42 bits per heavy atom. The molecular weight excluding hydrogens is 502 g/mol. The first-order chi connectivity index (χ1) is 14.8. The molecule has 160 valence electrons.